The summed E-state index contributed by atoms with van der Waals surface area (Å²) in [5, 5.41) is 33.6. The maximum Gasteiger partial charge on any atom is 0.303 e. The molecule has 0 rings (SSSR count). The third-order valence-electron chi connectivity index (χ3n) is 8.37. The third-order valence-corrected chi connectivity index (χ3v) is 8.37. The first-order chi connectivity index (χ1) is 23.5. The van der Waals surface area contributed by atoms with Crippen molar-refractivity contribution in [3.63, 3.8) is 0 Å². The summed E-state index contributed by atoms with van der Waals surface area (Å²) in [6.45, 7) is 5.08. The molecule has 0 saturated carbocycles. The van der Waals surface area contributed by atoms with E-state index in [0.29, 0.717) is 12.8 Å². The molecule has 0 bridgehead atoms. The van der Waals surface area contributed by atoms with Crippen LogP contribution in [0.1, 0.15) is 219 Å². The Morgan fingerprint density at radius 3 is 0.833 bits per heavy atom. The average molecular weight is 683 g/mol. The summed E-state index contributed by atoms with van der Waals surface area (Å²) >= 11 is 0. The van der Waals surface area contributed by atoms with E-state index in [9.17, 15) is 9.59 Å². The van der Waals surface area contributed by atoms with Gasteiger partial charge in [-0.25, -0.2) is 0 Å². The standard InChI is InChI=1S/2C18H34O2.C6H14O2/c2*1-2-3-4-5-6-7-8-9-10-11-12-13-14-15-16-17-18(19)20;7-5-3-1-2-4-6-8/h2*9-10H,2-8,11-17H2,1H3,(H,19,20);7-8H,1-6H2/b2*10-9-;. The number of hydrogen-bond donors (Lipinski definition) is 4. The zero-order valence-electron chi connectivity index (χ0n) is 32.0. The molecule has 6 heteroatoms. The first-order valence-corrected chi connectivity index (χ1v) is 20.4. The van der Waals surface area contributed by atoms with Crippen LogP contribution in [-0.2, 0) is 9.59 Å². The number of aliphatic carboxylic acids is 2. The van der Waals surface area contributed by atoms with Crippen molar-refractivity contribution >= 4 is 11.9 Å². The quantitative estimate of drug-likeness (QED) is 0.0390. The number of aliphatic hydroxyl groups excluding tert-OH is 2. The van der Waals surface area contributed by atoms with E-state index in [0.717, 1.165) is 51.4 Å². The Kier molecular flexibility index (Phi) is 52.5. The molecule has 0 heterocycles. The molecule has 0 amide bonds. The highest BCUT2D eigenvalue weighted by atomic mass is 16.4. The molecule has 0 saturated heterocycles. The number of carbonyl (C=O) groups is 2. The highest BCUT2D eigenvalue weighted by Gasteiger charge is 1.97. The van der Waals surface area contributed by atoms with Crippen LogP contribution in [0.25, 0.3) is 0 Å². The fourth-order valence-corrected chi connectivity index (χ4v) is 5.27. The van der Waals surface area contributed by atoms with Crippen molar-refractivity contribution in [2.75, 3.05) is 13.2 Å². The van der Waals surface area contributed by atoms with Gasteiger partial charge in [0.15, 0.2) is 0 Å². The van der Waals surface area contributed by atoms with Crippen LogP contribution in [-0.4, -0.2) is 45.6 Å². The first kappa shape index (κ1) is 50.7. The van der Waals surface area contributed by atoms with Crippen LogP contribution >= 0.6 is 0 Å². The molecule has 0 fully saturated rings. The van der Waals surface area contributed by atoms with E-state index in [4.69, 9.17) is 20.4 Å². The second kappa shape index (κ2) is 49.7. The van der Waals surface area contributed by atoms with Crippen LogP contribution in [0.5, 0.6) is 0 Å². The average Bonchev–Trinajstić information content (AvgIpc) is 3.07. The zero-order chi connectivity index (χ0) is 36.0. The Bertz CT molecular complexity index is 605. The van der Waals surface area contributed by atoms with Crippen molar-refractivity contribution in [2.24, 2.45) is 0 Å². The highest BCUT2D eigenvalue weighted by molar-refractivity contribution is 5.66. The number of carboxylic acid groups (broad SMARTS) is 2. The minimum atomic E-state index is -0.664. The largest absolute Gasteiger partial charge is 0.481 e. The molecule has 0 aliphatic carbocycles. The fraction of sp³-hybridized carbons (Fsp3) is 0.857. The number of hydrogen-bond acceptors (Lipinski definition) is 4. The molecule has 286 valence electrons. The molecule has 4 N–H and O–H groups in total. The van der Waals surface area contributed by atoms with Gasteiger partial charge in [-0.15, -0.1) is 0 Å². The van der Waals surface area contributed by atoms with Crippen molar-refractivity contribution in [3.8, 4) is 0 Å². The summed E-state index contributed by atoms with van der Waals surface area (Å²) < 4.78 is 0. The summed E-state index contributed by atoms with van der Waals surface area (Å²) in [4.78, 5) is 20.6. The van der Waals surface area contributed by atoms with Crippen molar-refractivity contribution in [2.45, 2.75) is 219 Å². The number of aliphatic hydroxyl groups is 2. The van der Waals surface area contributed by atoms with Crippen molar-refractivity contribution in [1.29, 1.82) is 0 Å². The van der Waals surface area contributed by atoms with Gasteiger partial charge < -0.3 is 20.4 Å². The molecule has 0 aliphatic heterocycles. The Morgan fingerprint density at radius 1 is 0.354 bits per heavy atom. The minimum absolute atomic E-state index is 0.283. The van der Waals surface area contributed by atoms with E-state index in [1.807, 2.05) is 0 Å². The lowest BCUT2D eigenvalue weighted by Crippen LogP contribution is -1.93. The molecular weight excluding hydrogens is 600 g/mol. The lowest BCUT2D eigenvalue weighted by Gasteiger charge is -1.99. The Morgan fingerprint density at radius 2 is 0.583 bits per heavy atom. The number of rotatable bonds is 35. The van der Waals surface area contributed by atoms with Crippen molar-refractivity contribution < 1.29 is 30.0 Å². The molecule has 0 unspecified atom stereocenters. The highest BCUT2D eigenvalue weighted by Crippen LogP contribution is 2.11. The van der Waals surface area contributed by atoms with Gasteiger partial charge in [0.2, 0.25) is 0 Å². The number of allylic oxidation sites excluding steroid dienone is 4. The van der Waals surface area contributed by atoms with Crippen LogP contribution < -0.4 is 0 Å². The predicted octanol–water partition coefficient (Wildman–Crippen LogP) is 12.7. The molecule has 0 radical (unpaired) electrons. The SMILES string of the molecule is CCCCCCCC/C=C\CCCCCCCC(=O)O.CCCCCCCC/C=C\CCCCCCCC(=O)O.OCCCCCCO. The summed E-state index contributed by atoms with van der Waals surface area (Å²) in [6.07, 6.45) is 46.3. The van der Waals surface area contributed by atoms with E-state index in [2.05, 4.69) is 38.2 Å². The van der Waals surface area contributed by atoms with Gasteiger partial charge in [-0.1, -0.05) is 154 Å². The molecule has 0 aromatic heterocycles. The normalized spacial score (nSPS) is 11.0. The monoisotopic (exact) mass is 683 g/mol. The van der Waals surface area contributed by atoms with Gasteiger partial charge in [-0.3, -0.25) is 9.59 Å². The lowest BCUT2D eigenvalue weighted by atomic mass is 10.1. The van der Waals surface area contributed by atoms with Crippen LogP contribution in [0.4, 0.5) is 0 Å². The summed E-state index contributed by atoms with van der Waals surface area (Å²) in [7, 11) is 0. The Hall–Kier alpha value is -1.66. The van der Waals surface area contributed by atoms with Gasteiger partial charge in [0.1, 0.15) is 0 Å². The fourth-order valence-electron chi connectivity index (χ4n) is 5.27. The summed E-state index contributed by atoms with van der Waals surface area (Å²) in [5.74, 6) is -1.33. The summed E-state index contributed by atoms with van der Waals surface area (Å²) in [6, 6.07) is 0. The van der Waals surface area contributed by atoms with Crippen LogP contribution in [0, 0.1) is 0 Å². The second-order valence-corrected chi connectivity index (χ2v) is 13.3. The lowest BCUT2D eigenvalue weighted by molar-refractivity contribution is -0.138. The van der Waals surface area contributed by atoms with Gasteiger partial charge in [0, 0.05) is 26.1 Å². The van der Waals surface area contributed by atoms with E-state index >= 15 is 0 Å². The van der Waals surface area contributed by atoms with Gasteiger partial charge in [0.05, 0.1) is 0 Å². The molecule has 0 atom stereocenters. The molecular formula is C42H82O6. The molecule has 48 heavy (non-hydrogen) atoms. The van der Waals surface area contributed by atoms with E-state index in [1.54, 1.807) is 0 Å². The van der Waals surface area contributed by atoms with Crippen molar-refractivity contribution in [3.05, 3.63) is 24.3 Å². The predicted molar refractivity (Wildman–Crippen MR) is 207 cm³/mol. The molecule has 0 aromatic rings. The zero-order valence-corrected chi connectivity index (χ0v) is 32.0. The van der Waals surface area contributed by atoms with E-state index in [1.165, 1.54) is 141 Å². The van der Waals surface area contributed by atoms with Gasteiger partial charge >= 0.3 is 11.9 Å². The number of unbranched alkanes of at least 4 members (excludes halogenated alkanes) is 25. The number of carboxylic acids is 2. The van der Waals surface area contributed by atoms with Gasteiger partial charge in [-0.05, 0) is 77.0 Å². The van der Waals surface area contributed by atoms with Crippen molar-refractivity contribution in [1.82, 2.24) is 0 Å². The maximum atomic E-state index is 10.3. The Balaban J connectivity index is -0.000000689. The van der Waals surface area contributed by atoms with Gasteiger partial charge in [-0.2, -0.15) is 0 Å². The maximum absolute atomic E-state index is 10.3. The Labute approximate surface area is 298 Å². The van der Waals surface area contributed by atoms with Crippen LogP contribution in [0.15, 0.2) is 24.3 Å². The van der Waals surface area contributed by atoms with E-state index < -0.39 is 11.9 Å². The second-order valence-electron chi connectivity index (χ2n) is 13.3. The first-order valence-electron chi connectivity index (χ1n) is 20.4. The van der Waals surface area contributed by atoms with Crippen LogP contribution in [0.3, 0.4) is 0 Å². The van der Waals surface area contributed by atoms with E-state index in [-0.39, 0.29) is 13.2 Å². The molecule has 0 aliphatic rings. The minimum Gasteiger partial charge on any atom is -0.481 e. The molecule has 0 aromatic carbocycles. The molecule has 0 spiro atoms. The van der Waals surface area contributed by atoms with Gasteiger partial charge in [0.25, 0.3) is 0 Å². The smallest absolute Gasteiger partial charge is 0.303 e. The summed E-state index contributed by atoms with van der Waals surface area (Å²) in [5.41, 5.74) is 0. The molecule has 6 nitrogen and oxygen atoms in total. The van der Waals surface area contributed by atoms with Crippen LogP contribution in [0.2, 0.25) is 0 Å². The third kappa shape index (κ3) is 59.7. The topological polar surface area (TPSA) is 115 Å².